The molecule has 2 atom stereocenters. The normalized spacial score (nSPS) is 27.5. The van der Waals surface area contributed by atoms with Crippen LogP contribution in [0.2, 0.25) is 0 Å². The molecule has 1 rings (SSSR count). The Morgan fingerprint density at radius 3 is 2.64 bits per heavy atom. The second-order valence-corrected chi connectivity index (χ2v) is 4.05. The number of rotatable bonds is 4. The Morgan fingerprint density at radius 2 is 2.29 bits per heavy atom. The number of ether oxygens (including phenoxy) is 2. The monoisotopic (exact) mass is 203 g/mol. The fourth-order valence-electron chi connectivity index (χ4n) is 1.65. The molecule has 1 heterocycles. The minimum Gasteiger partial charge on any atom is -0.348 e. The van der Waals surface area contributed by atoms with Gasteiger partial charge in [-0.1, -0.05) is 6.92 Å². The van der Waals surface area contributed by atoms with Gasteiger partial charge in [-0.15, -0.1) is 0 Å². The fraction of sp³-hybridized carbons (Fsp3) is 1.00. The Hall–Kier alpha value is -0.680. The number of hydrogen-bond acceptors (Lipinski definition) is 4. The lowest BCUT2D eigenvalue weighted by Gasteiger charge is -2.20. The standard InChI is InChI=1S/C9H17NO4/c1-4-7(5-10(11)12)8-6-13-9(2,3)14-8/h7-8H,4-6H2,1-3H3/t7-,8-/m0/s1. The molecule has 5 heteroatoms. The summed E-state index contributed by atoms with van der Waals surface area (Å²) in [5, 5.41) is 10.4. The summed E-state index contributed by atoms with van der Waals surface area (Å²) in [6, 6.07) is 0. The number of hydrogen-bond donors (Lipinski definition) is 0. The van der Waals surface area contributed by atoms with Gasteiger partial charge in [-0.2, -0.15) is 0 Å². The Labute approximate surface area is 83.5 Å². The molecule has 0 spiro atoms. The lowest BCUT2D eigenvalue weighted by molar-refractivity contribution is -0.490. The predicted molar refractivity (Wildman–Crippen MR) is 50.5 cm³/mol. The van der Waals surface area contributed by atoms with Crippen LogP contribution in [0.5, 0.6) is 0 Å². The Kier molecular flexibility index (Phi) is 3.44. The molecule has 5 nitrogen and oxygen atoms in total. The first-order valence-corrected chi connectivity index (χ1v) is 4.88. The van der Waals surface area contributed by atoms with Crippen LogP contribution in [0.3, 0.4) is 0 Å². The van der Waals surface area contributed by atoms with Crippen molar-refractivity contribution in [2.24, 2.45) is 5.92 Å². The van der Waals surface area contributed by atoms with Gasteiger partial charge in [0.15, 0.2) is 5.79 Å². The summed E-state index contributed by atoms with van der Waals surface area (Å²) in [6.07, 6.45) is 0.603. The van der Waals surface area contributed by atoms with Gasteiger partial charge < -0.3 is 9.47 Å². The average Bonchev–Trinajstić information content (AvgIpc) is 2.41. The largest absolute Gasteiger partial charge is 0.348 e. The van der Waals surface area contributed by atoms with Gasteiger partial charge in [0.05, 0.1) is 18.6 Å². The van der Waals surface area contributed by atoms with Crippen molar-refractivity contribution in [1.29, 1.82) is 0 Å². The third-order valence-electron chi connectivity index (χ3n) is 2.46. The summed E-state index contributed by atoms with van der Waals surface area (Å²) in [6.45, 7) is 6.00. The molecule has 0 saturated carbocycles. The molecule has 0 radical (unpaired) electrons. The maximum atomic E-state index is 10.4. The number of nitrogens with zero attached hydrogens (tertiary/aromatic N) is 1. The molecule has 0 aromatic rings. The lowest BCUT2D eigenvalue weighted by atomic mass is 10.0. The molecule has 0 N–H and O–H groups in total. The minimum atomic E-state index is -0.589. The van der Waals surface area contributed by atoms with Gasteiger partial charge in [0.1, 0.15) is 0 Å². The van der Waals surface area contributed by atoms with Crippen LogP contribution in [0.25, 0.3) is 0 Å². The molecular formula is C9H17NO4. The van der Waals surface area contributed by atoms with Crippen LogP contribution in [0.4, 0.5) is 0 Å². The van der Waals surface area contributed by atoms with Crippen molar-refractivity contribution >= 4 is 0 Å². The molecule has 0 amide bonds. The van der Waals surface area contributed by atoms with Crippen LogP contribution < -0.4 is 0 Å². The van der Waals surface area contributed by atoms with E-state index in [9.17, 15) is 10.1 Å². The fourth-order valence-corrected chi connectivity index (χ4v) is 1.65. The van der Waals surface area contributed by atoms with Crippen molar-refractivity contribution in [2.45, 2.75) is 39.1 Å². The minimum absolute atomic E-state index is 0.0411. The van der Waals surface area contributed by atoms with Crippen LogP contribution in [0.1, 0.15) is 27.2 Å². The third kappa shape index (κ3) is 2.92. The molecule has 82 valence electrons. The van der Waals surface area contributed by atoms with E-state index >= 15 is 0 Å². The van der Waals surface area contributed by atoms with E-state index in [1.54, 1.807) is 0 Å². The lowest BCUT2D eigenvalue weighted by Crippen LogP contribution is -2.30. The summed E-state index contributed by atoms with van der Waals surface area (Å²) in [4.78, 5) is 10.1. The van der Waals surface area contributed by atoms with E-state index in [0.717, 1.165) is 6.42 Å². The summed E-state index contributed by atoms with van der Waals surface area (Å²) in [7, 11) is 0. The highest BCUT2D eigenvalue weighted by atomic mass is 16.7. The highest BCUT2D eigenvalue weighted by molar-refractivity contribution is 4.76. The van der Waals surface area contributed by atoms with Gasteiger partial charge in [-0.05, 0) is 20.3 Å². The van der Waals surface area contributed by atoms with Gasteiger partial charge in [0, 0.05) is 4.92 Å². The second-order valence-electron chi connectivity index (χ2n) is 4.05. The topological polar surface area (TPSA) is 61.6 Å². The predicted octanol–water partition coefficient (Wildman–Crippen LogP) is 1.44. The molecule has 0 aromatic heterocycles. The molecule has 0 unspecified atom stereocenters. The zero-order valence-corrected chi connectivity index (χ0v) is 8.86. The highest BCUT2D eigenvalue weighted by Gasteiger charge is 2.38. The van der Waals surface area contributed by atoms with E-state index in [1.165, 1.54) is 0 Å². The Morgan fingerprint density at radius 1 is 1.64 bits per heavy atom. The summed E-state index contributed by atoms with van der Waals surface area (Å²) in [5.41, 5.74) is 0. The molecule has 1 saturated heterocycles. The van der Waals surface area contributed by atoms with Gasteiger partial charge in [-0.3, -0.25) is 10.1 Å². The summed E-state index contributed by atoms with van der Waals surface area (Å²) < 4.78 is 10.9. The van der Waals surface area contributed by atoms with Crippen molar-refractivity contribution in [3.63, 3.8) is 0 Å². The first-order valence-electron chi connectivity index (χ1n) is 4.88. The Balaban J connectivity index is 2.50. The van der Waals surface area contributed by atoms with Crippen molar-refractivity contribution < 1.29 is 14.4 Å². The quantitative estimate of drug-likeness (QED) is 0.512. The smallest absolute Gasteiger partial charge is 0.209 e. The van der Waals surface area contributed by atoms with Crippen LogP contribution in [-0.4, -0.2) is 30.0 Å². The first-order chi connectivity index (χ1) is 6.44. The SMILES string of the molecule is CC[C@@H](C[N+](=O)[O-])[C@@H]1COC(C)(C)O1. The van der Waals surface area contributed by atoms with Crippen LogP contribution >= 0.6 is 0 Å². The van der Waals surface area contributed by atoms with Gasteiger partial charge >= 0.3 is 0 Å². The van der Waals surface area contributed by atoms with Crippen molar-refractivity contribution in [3.8, 4) is 0 Å². The van der Waals surface area contributed by atoms with Crippen LogP contribution in [0.15, 0.2) is 0 Å². The molecule has 0 aromatic carbocycles. The molecule has 1 aliphatic rings. The average molecular weight is 203 g/mol. The second kappa shape index (κ2) is 4.23. The molecular weight excluding hydrogens is 186 g/mol. The summed E-state index contributed by atoms with van der Waals surface area (Å²) >= 11 is 0. The molecule has 0 aliphatic carbocycles. The van der Waals surface area contributed by atoms with E-state index in [-0.39, 0.29) is 23.5 Å². The first kappa shape index (κ1) is 11.4. The van der Waals surface area contributed by atoms with E-state index in [4.69, 9.17) is 9.47 Å². The highest BCUT2D eigenvalue weighted by Crippen LogP contribution is 2.28. The van der Waals surface area contributed by atoms with E-state index in [2.05, 4.69) is 0 Å². The maximum absolute atomic E-state index is 10.4. The molecule has 1 aliphatic heterocycles. The maximum Gasteiger partial charge on any atom is 0.209 e. The van der Waals surface area contributed by atoms with Crippen LogP contribution in [0, 0.1) is 16.0 Å². The van der Waals surface area contributed by atoms with E-state index in [0.29, 0.717) is 6.61 Å². The summed E-state index contributed by atoms with van der Waals surface area (Å²) in [5.74, 6) is -0.638. The zero-order valence-electron chi connectivity index (χ0n) is 8.86. The molecule has 1 fully saturated rings. The van der Waals surface area contributed by atoms with E-state index < -0.39 is 5.79 Å². The Bertz CT molecular complexity index is 217. The zero-order chi connectivity index (χ0) is 10.8. The van der Waals surface area contributed by atoms with E-state index in [1.807, 2.05) is 20.8 Å². The van der Waals surface area contributed by atoms with Gasteiger partial charge in [0.2, 0.25) is 6.54 Å². The number of nitro groups is 1. The third-order valence-corrected chi connectivity index (χ3v) is 2.46. The van der Waals surface area contributed by atoms with Gasteiger partial charge in [0.25, 0.3) is 0 Å². The van der Waals surface area contributed by atoms with Crippen molar-refractivity contribution in [2.75, 3.05) is 13.2 Å². The van der Waals surface area contributed by atoms with Crippen molar-refractivity contribution in [3.05, 3.63) is 10.1 Å². The van der Waals surface area contributed by atoms with Crippen LogP contribution in [-0.2, 0) is 9.47 Å². The van der Waals surface area contributed by atoms with Crippen molar-refractivity contribution in [1.82, 2.24) is 0 Å². The molecule has 14 heavy (non-hydrogen) atoms. The van der Waals surface area contributed by atoms with Gasteiger partial charge in [-0.25, -0.2) is 0 Å². The molecule has 0 bridgehead atoms.